The van der Waals surface area contributed by atoms with Crippen molar-refractivity contribution >= 4 is 11.6 Å². The van der Waals surface area contributed by atoms with Gasteiger partial charge in [-0.05, 0) is 13.8 Å². The monoisotopic (exact) mass is 138 g/mol. The van der Waals surface area contributed by atoms with Crippen LogP contribution in [0.5, 0.6) is 0 Å². The predicted molar refractivity (Wildman–Crippen MR) is 33.0 cm³/mol. The van der Waals surface area contributed by atoms with Crippen LogP contribution in [0.1, 0.15) is 13.8 Å². The predicted octanol–water partition coefficient (Wildman–Crippen LogP) is 0.355. The summed E-state index contributed by atoms with van der Waals surface area (Å²) in [6.45, 7) is 3.09. The Kier molecular flexibility index (Phi) is 3.36. The first kappa shape index (κ1) is 8.21. The lowest BCUT2D eigenvalue weighted by molar-refractivity contribution is 0.107. The van der Waals surface area contributed by atoms with Crippen LogP contribution in [0.25, 0.3) is 0 Å². The van der Waals surface area contributed by atoms with Crippen molar-refractivity contribution in [2.24, 2.45) is 0 Å². The molecule has 0 amide bonds. The van der Waals surface area contributed by atoms with Crippen LogP contribution < -0.4 is 0 Å². The molecule has 0 radical (unpaired) electrons. The van der Waals surface area contributed by atoms with Crippen LogP contribution in [0.15, 0.2) is 0 Å². The summed E-state index contributed by atoms with van der Waals surface area (Å²) in [4.78, 5) is 0. The lowest BCUT2D eigenvalue weighted by Gasteiger charge is -2.14. The van der Waals surface area contributed by atoms with E-state index in [0.717, 1.165) is 0 Å². The van der Waals surface area contributed by atoms with Gasteiger partial charge in [0.2, 0.25) is 0 Å². The molecule has 0 bridgehead atoms. The summed E-state index contributed by atoms with van der Waals surface area (Å²) in [5.74, 6) is 0. The molecule has 0 aromatic carbocycles. The van der Waals surface area contributed by atoms with E-state index in [1.807, 2.05) is 0 Å². The van der Waals surface area contributed by atoms with Gasteiger partial charge < -0.3 is 10.2 Å². The SMILES string of the molecule is C[C@H](O)C(Cl)[C@@H](C)O. The molecule has 0 aliphatic rings. The second kappa shape index (κ2) is 3.28. The molecule has 0 saturated carbocycles. The minimum Gasteiger partial charge on any atom is -0.392 e. The summed E-state index contributed by atoms with van der Waals surface area (Å²) >= 11 is 5.45. The van der Waals surface area contributed by atoms with Crippen LogP contribution in [-0.4, -0.2) is 27.8 Å². The summed E-state index contributed by atoms with van der Waals surface area (Å²) in [6.07, 6.45) is -1.28. The van der Waals surface area contributed by atoms with E-state index in [1.54, 1.807) is 13.8 Å². The molecule has 0 heterocycles. The van der Waals surface area contributed by atoms with Crippen molar-refractivity contribution in [1.29, 1.82) is 0 Å². The zero-order valence-corrected chi connectivity index (χ0v) is 5.76. The Morgan fingerprint density at radius 2 is 1.38 bits per heavy atom. The van der Waals surface area contributed by atoms with Crippen LogP contribution in [0.2, 0.25) is 0 Å². The maximum absolute atomic E-state index is 8.70. The number of hydrogen-bond donors (Lipinski definition) is 2. The Morgan fingerprint density at radius 1 is 1.12 bits per heavy atom. The summed E-state index contributed by atoms with van der Waals surface area (Å²) in [6, 6.07) is 0. The fraction of sp³-hybridized carbons (Fsp3) is 1.00. The van der Waals surface area contributed by atoms with E-state index in [0.29, 0.717) is 0 Å². The summed E-state index contributed by atoms with van der Waals surface area (Å²) in [7, 11) is 0. The van der Waals surface area contributed by atoms with Crippen LogP contribution in [0, 0.1) is 0 Å². The molecule has 0 saturated heterocycles. The van der Waals surface area contributed by atoms with Crippen molar-refractivity contribution in [3.8, 4) is 0 Å². The van der Waals surface area contributed by atoms with Crippen molar-refractivity contribution in [2.45, 2.75) is 31.4 Å². The first-order valence-corrected chi connectivity index (χ1v) is 2.99. The number of aliphatic hydroxyl groups is 2. The minimum absolute atomic E-state index is 0.546. The molecular weight excluding hydrogens is 128 g/mol. The normalized spacial score (nSPS) is 22.1. The van der Waals surface area contributed by atoms with Crippen LogP contribution in [0.3, 0.4) is 0 Å². The number of halogens is 1. The smallest absolute Gasteiger partial charge is 0.0848 e. The van der Waals surface area contributed by atoms with Crippen LogP contribution in [0.4, 0.5) is 0 Å². The van der Waals surface area contributed by atoms with Crippen molar-refractivity contribution in [3.63, 3.8) is 0 Å². The Bertz CT molecular complexity index is 55.4. The van der Waals surface area contributed by atoms with Crippen molar-refractivity contribution in [1.82, 2.24) is 0 Å². The molecular formula is C5H11ClO2. The van der Waals surface area contributed by atoms with Gasteiger partial charge in [-0.3, -0.25) is 0 Å². The number of alkyl halides is 1. The molecule has 0 aromatic heterocycles. The molecule has 0 aromatic rings. The molecule has 1 unspecified atom stereocenters. The average Bonchev–Trinajstić information content (AvgIpc) is 1.64. The largest absolute Gasteiger partial charge is 0.392 e. The molecule has 0 spiro atoms. The van der Waals surface area contributed by atoms with E-state index in [2.05, 4.69) is 0 Å². The van der Waals surface area contributed by atoms with Gasteiger partial charge in [-0.2, -0.15) is 0 Å². The van der Waals surface area contributed by atoms with E-state index in [1.165, 1.54) is 0 Å². The molecule has 8 heavy (non-hydrogen) atoms. The first-order valence-electron chi connectivity index (χ1n) is 2.56. The second-order valence-corrected chi connectivity index (χ2v) is 2.43. The maximum atomic E-state index is 8.70. The fourth-order valence-electron chi connectivity index (χ4n) is 0.403. The highest BCUT2D eigenvalue weighted by molar-refractivity contribution is 6.21. The molecule has 0 aliphatic heterocycles. The van der Waals surface area contributed by atoms with Gasteiger partial charge >= 0.3 is 0 Å². The molecule has 2 N–H and O–H groups in total. The lowest BCUT2D eigenvalue weighted by atomic mass is 10.2. The fourth-order valence-corrected chi connectivity index (χ4v) is 0.403. The Morgan fingerprint density at radius 3 is 1.38 bits per heavy atom. The van der Waals surface area contributed by atoms with Gasteiger partial charge in [0, 0.05) is 0 Å². The first-order chi connectivity index (χ1) is 3.55. The Labute approximate surface area is 54.1 Å². The minimum atomic E-state index is -0.642. The summed E-state index contributed by atoms with van der Waals surface area (Å²) < 4.78 is 0. The van der Waals surface area contributed by atoms with Gasteiger partial charge in [0.05, 0.1) is 17.6 Å². The second-order valence-electron chi connectivity index (χ2n) is 1.93. The zero-order valence-electron chi connectivity index (χ0n) is 5.00. The molecule has 2 nitrogen and oxygen atoms in total. The average molecular weight is 139 g/mol. The van der Waals surface area contributed by atoms with Gasteiger partial charge in [-0.15, -0.1) is 11.6 Å². The van der Waals surface area contributed by atoms with Gasteiger partial charge in [-0.25, -0.2) is 0 Å². The Balaban J connectivity index is 3.46. The van der Waals surface area contributed by atoms with Gasteiger partial charge in [0.15, 0.2) is 0 Å². The third-order valence-electron chi connectivity index (χ3n) is 0.922. The highest BCUT2D eigenvalue weighted by atomic mass is 35.5. The van der Waals surface area contributed by atoms with Crippen molar-refractivity contribution in [2.75, 3.05) is 0 Å². The van der Waals surface area contributed by atoms with E-state index < -0.39 is 17.6 Å². The highest BCUT2D eigenvalue weighted by Crippen LogP contribution is 2.06. The van der Waals surface area contributed by atoms with Crippen molar-refractivity contribution in [3.05, 3.63) is 0 Å². The van der Waals surface area contributed by atoms with E-state index >= 15 is 0 Å². The van der Waals surface area contributed by atoms with Crippen LogP contribution in [-0.2, 0) is 0 Å². The Hall–Kier alpha value is 0.210. The van der Waals surface area contributed by atoms with Gasteiger partial charge in [0.25, 0.3) is 0 Å². The molecule has 0 aliphatic carbocycles. The van der Waals surface area contributed by atoms with E-state index in [9.17, 15) is 0 Å². The molecule has 3 heteroatoms. The molecule has 50 valence electrons. The zero-order chi connectivity index (χ0) is 6.73. The third kappa shape index (κ3) is 2.50. The topological polar surface area (TPSA) is 40.5 Å². The summed E-state index contributed by atoms with van der Waals surface area (Å²) in [5.41, 5.74) is 0. The standard InChI is InChI=1S/C5H11ClO2/c1-3(7)5(6)4(2)8/h3-5,7-8H,1-2H3/t3-,4+,5?. The lowest BCUT2D eigenvalue weighted by Crippen LogP contribution is -2.27. The number of aliphatic hydroxyl groups excluding tert-OH is 2. The number of hydrogen-bond acceptors (Lipinski definition) is 2. The summed E-state index contributed by atoms with van der Waals surface area (Å²) in [5, 5.41) is 16.9. The third-order valence-corrected chi connectivity index (χ3v) is 1.65. The molecule has 3 atom stereocenters. The number of rotatable bonds is 2. The van der Waals surface area contributed by atoms with Gasteiger partial charge in [-0.1, -0.05) is 0 Å². The quantitative estimate of drug-likeness (QED) is 0.541. The highest BCUT2D eigenvalue weighted by Gasteiger charge is 2.15. The molecule has 0 rings (SSSR count). The molecule has 0 fully saturated rings. The van der Waals surface area contributed by atoms with Gasteiger partial charge in [0.1, 0.15) is 0 Å². The van der Waals surface area contributed by atoms with Crippen molar-refractivity contribution < 1.29 is 10.2 Å². The van der Waals surface area contributed by atoms with E-state index in [4.69, 9.17) is 21.8 Å². The van der Waals surface area contributed by atoms with Crippen LogP contribution >= 0.6 is 11.6 Å². The maximum Gasteiger partial charge on any atom is 0.0848 e. The van der Waals surface area contributed by atoms with E-state index in [-0.39, 0.29) is 0 Å².